The fraction of sp³-hybridized carbons (Fsp3) is 0.167. The molecule has 1 fully saturated rings. The van der Waals surface area contributed by atoms with Gasteiger partial charge in [-0.3, -0.25) is 14.5 Å². The van der Waals surface area contributed by atoms with Crippen LogP contribution in [0.15, 0.2) is 72.8 Å². The first-order chi connectivity index (χ1) is 15.3. The maximum Gasteiger partial charge on any atom is 0.274 e. The molecule has 5 rings (SSSR count). The van der Waals surface area contributed by atoms with Crippen molar-refractivity contribution in [3.05, 3.63) is 94.5 Å². The summed E-state index contributed by atoms with van der Waals surface area (Å²) in [7, 11) is -4.18. The summed E-state index contributed by atoms with van der Waals surface area (Å²) >= 11 is 6.12. The molecule has 3 aromatic rings. The maximum absolute atomic E-state index is 14.0. The molecular formula is C24H19ClN2O4S. The molecular weight excluding hydrogens is 448 g/mol. The normalized spacial score (nSPS) is 21.4. The molecule has 0 bridgehead atoms. The van der Waals surface area contributed by atoms with Crippen molar-refractivity contribution in [3.63, 3.8) is 0 Å². The van der Waals surface area contributed by atoms with Crippen LogP contribution in [0.3, 0.4) is 0 Å². The van der Waals surface area contributed by atoms with Gasteiger partial charge in [-0.2, -0.15) is 0 Å². The van der Waals surface area contributed by atoms with E-state index in [2.05, 4.69) is 0 Å². The lowest BCUT2D eigenvalue weighted by Gasteiger charge is -2.32. The molecule has 2 heterocycles. The van der Waals surface area contributed by atoms with Gasteiger partial charge >= 0.3 is 0 Å². The lowest BCUT2D eigenvalue weighted by molar-refractivity contribution is -0.123. The van der Waals surface area contributed by atoms with Crippen molar-refractivity contribution >= 4 is 44.6 Å². The largest absolute Gasteiger partial charge is 0.304 e. The predicted octanol–water partition coefficient (Wildman–Crippen LogP) is 3.81. The zero-order valence-electron chi connectivity index (χ0n) is 17.2. The van der Waals surface area contributed by atoms with Crippen LogP contribution in [0.1, 0.15) is 16.7 Å². The van der Waals surface area contributed by atoms with Crippen LogP contribution < -0.4 is 9.80 Å². The van der Waals surface area contributed by atoms with Gasteiger partial charge in [-0.1, -0.05) is 59.6 Å². The Balaban J connectivity index is 1.73. The summed E-state index contributed by atoms with van der Waals surface area (Å²) in [4.78, 5) is 27.5. The topological polar surface area (TPSA) is 74.8 Å². The summed E-state index contributed by atoms with van der Waals surface area (Å²) in [6.45, 7) is 2.02. The summed E-state index contributed by atoms with van der Waals surface area (Å²) in [6, 6.07) is 20.7. The Morgan fingerprint density at radius 2 is 1.69 bits per heavy atom. The Labute approximate surface area is 190 Å². The number of para-hydroxylation sites is 1. The third kappa shape index (κ3) is 2.81. The number of benzene rings is 3. The van der Waals surface area contributed by atoms with Crippen LogP contribution in [0.4, 0.5) is 11.4 Å². The Hall–Kier alpha value is -3.16. The summed E-state index contributed by atoms with van der Waals surface area (Å²) in [5.41, 5.74) is 2.83. The number of hydrogen-bond acceptors (Lipinski definition) is 4. The van der Waals surface area contributed by atoms with Crippen LogP contribution in [-0.4, -0.2) is 26.0 Å². The van der Waals surface area contributed by atoms with Crippen molar-refractivity contribution in [2.45, 2.75) is 18.3 Å². The molecule has 32 heavy (non-hydrogen) atoms. The number of halogens is 1. The quantitative estimate of drug-likeness (QED) is 0.588. The number of amides is 2. The average Bonchev–Trinajstić information content (AvgIpc) is 3.12. The fourth-order valence-corrected chi connectivity index (χ4v) is 6.81. The van der Waals surface area contributed by atoms with Crippen LogP contribution in [0.2, 0.25) is 5.02 Å². The maximum atomic E-state index is 14.0. The minimum atomic E-state index is -4.18. The summed E-state index contributed by atoms with van der Waals surface area (Å²) in [5.74, 6) is -2.02. The van der Waals surface area contributed by atoms with Crippen LogP contribution in [0, 0.1) is 6.92 Å². The molecule has 1 saturated heterocycles. The van der Waals surface area contributed by atoms with Gasteiger partial charge in [0.05, 0.1) is 12.2 Å². The summed E-state index contributed by atoms with van der Waals surface area (Å²) < 4.78 is 27.1. The molecule has 1 atom stereocenters. The highest BCUT2D eigenvalue weighted by molar-refractivity contribution is 7.94. The van der Waals surface area contributed by atoms with Gasteiger partial charge in [0.25, 0.3) is 10.8 Å². The minimum absolute atomic E-state index is 0.129. The third-order valence-electron chi connectivity index (χ3n) is 5.94. The number of fused-ring (bicyclic) bond motifs is 2. The molecule has 0 unspecified atom stereocenters. The molecule has 0 aromatic heterocycles. The molecule has 0 saturated carbocycles. The first-order valence-electron chi connectivity index (χ1n) is 10.0. The second kappa shape index (κ2) is 7.18. The summed E-state index contributed by atoms with van der Waals surface area (Å²) in [6.07, 6.45) is 0. The highest BCUT2D eigenvalue weighted by Gasteiger charge is 2.69. The highest BCUT2D eigenvalue weighted by Crippen LogP contribution is 2.52. The van der Waals surface area contributed by atoms with E-state index in [1.165, 1.54) is 4.90 Å². The van der Waals surface area contributed by atoms with Crippen LogP contribution >= 0.6 is 11.6 Å². The fourth-order valence-electron chi connectivity index (χ4n) is 4.56. The standard InChI is InChI=1S/C24H19ClN2O4S/c1-16-9-11-19(12-10-16)27-22(28)15-32(30,31)24(27)20-7-2-3-8-21(20)26(23(24)29)14-17-5-4-6-18(25)13-17/h2-13H,14-15H2,1H3/t24-/m1/s1. The minimum Gasteiger partial charge on any atom is -0.304 e. The number of hydrogen-bond donors (Lipinski definition) is 0. The van der Waals surface area contributed by atoms with E-state index in [1.807, 2.05) is 13.0 Å². The SMILES string of the molecule is Cc1ccc(N2C(=O)CS(=O)(=O)[C@]23C(=O)N(Cc2cccc(Cl)c2)c2ccccc23)cc1. The highest BCUT2D eigenvalue weighted by atomic mass is 35.5. The van der Waals surface area contributed by atoms with Crippen molar-refractivity contribution in [3.8, 4) is 0 Å². The van der Waals surface area contributed by atoms with Crippen molar-refractivity contribution in [1.82, 2.24) is 0 Å². The second-order valence-electron chi connectivity index (χ2n) is 8.01. The van der Waals surface area contributed by atoms with E-state index < -0.39 is 32.3 Å². The van der Waals surface area contributed by atoms with E-state index in [0.717, 1.165) is 16.0 Å². The molecule has 2 aliphatic rings. The van der Waals surface area contributed by atoms with Crippen molar-refractivity contribution < 1.29 is 18.0 Å². The molecule has 0 radical (unpaired) electrons. The number of aryl methyl sites for hydroxylation is 1. The molecule has 162 valence electrons. The van der Waals surface area contributed by atoms with E-state index >= 15 is 0 Å². The zero-order valence-corrected chi connectivity index (χ0v) is 18.7. The van der Waals surface area contributed by atoms with Crippen LogP contribution in [0.5, 0.6) is 0 Å². The van der Waals surface area contributed by atoms with Crippen molar-refractivity contribution in [2.75, 3.05) is 15.6 Å². The smallest absolute Gasteiger partial charge is 0.274 e. The molecule has 2 amide bonds. The second-order valence-corrected chi connectivity index (χ2v) is 10.6. The van der Waals surface area contributed by atoms with Gasteiger partial charge in [-0.15, -0.1) is 0 Å². The molecule has 2 aliphatic heterocycles. The number of nitrogens with zero attached hydrogens (tertiary/aromatic N) is 2. The number of carbonyl (C=O) groups is 2. The monoisotopic (exact) mass is 466 g/mol. The molecule has 0 aliphatic carbocycles. The van der Waals surface area contributed by atoms with Gasteiger partial charge in [-0.05, 0) is 42.8 Å². The van der Waals surface area contributed by atoms with Gasteiger partial charge in [0, 0.05) is 16.3 Å². The van der Waals surface area contributed by atoms with Gasteiger partial charge < -0.3 is 4.90 Å². The third-order valence-corrected chi connectivity index (χ3v) is 8.28. The Morgan fingerprint density at radius 1 is 0.969 bits per heavy atom. The van der Waals surface area contributed by atoms with E-state index in [9.17, 15) is 18.0 Å². The Bertz CT molecular complexity index is 1370. The summed E-state index contributed by atoms with van der Waals surface area (Å²) in [5, 5.41) is 0.516. The molecule has 8 heteroatoms. The lowest BCUT2D eigenvalue weighted by atomic mass is 10.0. The predicted molar refractivity (Wildman–Crippen MR) is 123 cm³/mol. The molecule has 6 nitrogen and oxygen atoms in total. The van der Waals surface area contributed by atoms with Gasteiger partial charge in [0.1, 0.15) is 5.75 Å². The van der Waals surface area contributed by atoms with Crippen LogP contribution in [0.25, 0.3) is 0 Å². The first-order valence-corrected chi connectivity index (χ1v) is 12.1. The number of sulfone groups is 1. The van der Waals surface area contributed by atoms with Crippen molar-refractivity contribution in [2.24, 2.45) is 0 Å². The van der Waals surface area contributed by atoms with Gasteiger partial charge in [-0.25, -0.2) is 8.42 Å². The van der Waals surface area contributed by atoms with Crippen LogP contribution in [-0.2, 0) is 30.8 Å². The first kappa shape index (κ1) is 20.7. The van der Waals surface area contributed by atoms with Gasteiger partial charge in [0.2, 0.25) is 5.91 Å². The van der Waals surface area contributed by atoms with E-state index in [4.69, 9.17) is 11.6 Å². The van der Waals surface area contributed by atoms with E-state index in [0.29, 0.717) is 22.0 Å². The number of carbonyl (C=O) groups excluding carboxylic acids is 2. The molecule has 1 spiro atoms. The number of rotatable bonds is 3. The lowest BCUT2D eigenvalue weighted by Crippen LogP contribution is -2.54. The van der Waals surface area contributed by atoms with E-state index in [1.54, 1.807) is 66.7 Å². The Morgan fingerprint density at radius 3 is 2.41 bits per heavy atom. The number of anilines is 2. The van der Waals surface area contributed by atoms with Crippen molar-refractivity contribution in [1.29, 1.82) is 0 Å². The molecule has 3 aromatic carbocycles. The zero-order chi connectivity index (χ0) is 22.7. The van der Waals surface area contributed by atoms with E-state index in [-0.39, 0.29) is 6.54 Å². The van der Waals surface area contributed by atoms with Gasteiger partial charge in [0.15, 0.2) is 9.84 Å². The average molecular weight is 467 g/mol. The Kier molecular flexibility index (Phi) is 4.65. The molecule has 0 N–H and O–H groups in total.